The van der Waals surface area contributed by atoms with Gasteiger partial charge < -0.3 is 9.64 Å². The number of ether oxygens (including phenoxy) is 1. The normalized spacial score (nSPS) is 18.0. The first kappa shape index (κ1) is 16.6. The number of carbonyl (C=O) groups is 1. The summed E-state index contributed by atoms with van der Waals surface area (Å²) in [6, 6.07) is 6.38. The standard InChI is InChI=1S/C18H22FN3O2/c1-4-17(23)21-9-10-24-11-16(21)18-12(2)20-22(13(18)3)15-8-6-5-7-14(15)19/h5-8,16H,4,9-11H2,1-3H3/t16-/m1/s1. The fourth-order valence-electron chi connectivity index (χ4n) is 3.34. The van der Waals surface area contributed by atoms with Crippen LogP contribution in [0.15, 0.2) is 24.3 Å². The third-order valence-electron chi connectivity index (χ3n) is 4.51. The fourth-order valence-corrected chi connectivity index (χ4v) is 3.34. The van der Waals surface area contributed by atoms with Gasteiger partial charge in [-0.15, -0.1) is 0 Å². The molecule has 0 aliphatic carbocycles. The van der Waals surface area contributed by atoms with Gasteiger partial charge in [-0.25, -0.2) is 9.07 Å². The minimum absolute atomic E-state index is 0.0979. The van der Waals surface area contributed by atoms with Crippen molar-refractivity contribution in [1.29, 1.82) is 0 Å². The number of aryl methyl sites for hydroxylation is 1. The SMILES string of the molecule is CCC(=O)N1CCOC[C@@H]1c1c(C)nn(-c2ccccc2F)c1C. The van der Waals surface area contributed by atoms with Crippen LogP contribution in [0.1, 0.15) is 36.3 Å². The zero-order valence-electron chi connectivity index (χ0n) is 14.3. The molecule has 1 fully saturated rings. The van der Waals surface area contributed by atoms with Gasteiger partial charge in [-0.1, -0.05) is 19.1 Å². The quantitative estimate of drug-likeness (QED) is 0.869. The Bertz CT molecular complexity index is 757. The van der Waals surface area contributed by atoms with E-state index in [-0.39, 0.29) is 17.8 Å². The highest BCUT2D eigenvalue weighted by Crippen LogP contribution is 2.31. The summed E-state index contributed by atoms with van der Waals surface area (Å²) in [5.41, 5.74) is 2.98. The molecule has 5 nitrogen and oxygen atoms in total. The van der Waals surface area contributed by atoms with Crippen LogP contribution in [0.25, 0.3) is 5.69 Å². The smallest absolute Gasteiger partial charge is 0.222 e. The summed E-state index contributed by atoms with van der Waals surface area (Å²) < 4.78 is 21.4. The van der Waals surface area contributed by atoms with Gasteiger partial charge in [-0.2, -0.15) is 5.10 Å². The van der Waals surface area contributed by atoms with Gasteiger partial charge in [0.1, 0.15) is 11.5 Å². The van der Waals surface area contributed by atoms with E-state index < -0.39 is 0 Å². The van der Waals surface area contributed by atoms with Gasteiger partial charge in [0.2, 0.25) is 5.91 Å². The van der Waals surface area contributed by atoms with Crippen molar-refractivity contribution in [3.05, 3.63) is 47.0 Å². The largest absolute Gasteiger partial charge is 0.377 e. The molecule has 0 bridgehead atoms. The van der Waals surface area contributed by atoms with Crippen LogP contribution in [0.3, 0.4) is 0 Å². The van der Waals surface area contributed by atoms with Crippen molar-refractivity contribution in [2.45, 2.75) is 33.2 Å². The summed E-state index contributed by atoms with van der Waals surface area (Å²) in [7, 11) is 0. The highest BCUT2D eigenvalue weighted by Gasteiger charge is 2.32. The lowest BCUT2D eigenvalue weighted by Crippen LogP contribution is -2.43. The minimum atomic E-state index is -0.323. The van der Waals surface area contributed by atoms with E-state index in [9.17, 15) is 9.18 Å². The summed E-state index contributed by atoms with van der Waals surface area (Å²) in [4.78, 5) is 14.1. The third kappa shape index (κ3) is 2.82. The van der Waals surface area contributed by atoms with Gasteiger partial charge in [-0.3, -0.25) is 4.79 Å². The zero-order chi connectivity index (χ0) is 17.3. The van der Waals surface area contributed by atoms with Crippen LogP contribution in [-0.2, 0) is 9.53 Å². The molecule has 0 unspecified atom stereocenters. The molecular weight excluding hydrogens is 309 g/mol. The molecule has 1 aromatic carbocycles. The molecule has 1 saturated heterocycles. The van der Waals surface area contributed by atoms with E-state index in [2.05, 4.69) is 5.10 Å². The van der Waals surface area contributed by atoms with E-state index in [1.807, 2.05) is 25.7 Å². The second-order valence-corrected chi connectivity index (χ2v) is 5.98. The molecule has 0 N–H and O–H groups in total. The van der Waals surface area contributed by atoms with Crippen molar-refractivity contribution in [1.82, 2.24) is 14.7 Å². The van der Waals surface area contributed by atoms with E-state index in [0.717, 1.165) is 17.0 Å². The van der Waals surface area contributed by atoms with Crippen molar-refractivity contribution in [3.8, 4) is 5.69 Å². The Morgan fingerprint density at radius 1 is 1.38 bits per heavy atom. The molecule has 1 amide bonds. The molecule has 2 heterocycles. The highest BCUT2D eigenvalue weighted by atomic mass is 19.1. The first-order valence-electron chi connectivity index (χ1n) is 8.22. The van der Waals surface area contributed by atoms with E-state index >= 15 is 0 Å². The Balaban J connectivity index is 2.05. The summed E-state index contributed by atoms with van der Waals surface area (Å²) in [5.74, 6) is -0.225. The number of hydrogen-bond donors (Lipinski definition) is 0. The molecule has 1 atom stereocenters. The molecule has 24 heavy (non-hydrogen) atoms. The van der Waals surface area contributed by atoms with Gasteiger partial charge >= 0.3 is 0 Å². The van der Waals surface area contributed by atoms with Crippen molar-refractivity contribution < 1.29 is 13.9 Å². The predicted octanol–water partition coefficient (Wildman–Crippen LogP) is 2.94. The summed E-state index contributed by atoms with van der Waals surface area (Å²) >= 11 is 0. The van der Waals surface area contributed by atoms with Gasteiger partial charge in [0.15, 0.2) is 0 Å². The number of morpholine rings is 1. The van der Waals surface area contributed by atoms with Crippen LogP contribution >= 0.6 is 0 Å². The maximum Gasteiger partial charge on any atom is 0.222 e. The van der Waals surface area contributed by atoms with Crippen molar-refractivity contribution in [2.75, 3.05) is 19.8 Å². The number of amides is 1. The average Bonchev–Trinajstić information content (AvgIpc) is 2.89. The van der Waals surface area contributed by atoms with Crippen LogP contribution in [0.5, 0.6) is 0 Å². The van der Waals surface area contributed by atoms with E-state index in [4.69, 9.17) is 4.74 Å². The van der Waals surface area contributed by atoms with Crippen LogP contribution < -0.4 is 0 Å². The molecule has 2 aromatic rings. The number of aromatic nitrogens is 2. The van der Waals surface area contributed by atoms with Gasteiger partial charge in [0, 0.05) is 24.2 Å². The zero-order valence-corrected chi connectivity index (χ0v) is 14.3. The number of nitrogens with zero attached hydrogens (tertiary/aromatic N) is 3. The van der Waals surface area contributed by atoms with Crippen LogP contribution in [-0.4, -0.2) is 40.3 Å². The Morgan fingerprint density at radius 3 is 2.83 bits per heavy atom. The molecule has 0 spiro atoms. The lowest BCUT2D eigenvalue weighted by Gasteiger charge is -2.36. The maximum absolute atomic E-state index is 14.1. The van der Waals surface area contributed by atoms with Crippen LogP contribution in [0.2, 0.25) is 0 Å². The highest BCUT2D eigenvalue weighted by molar-refractivity contribution is 5.76. The van der Waals surface area contributed by atoms with Crippen LogP contribution in [0, 0.1) is 19.7 Å². The average molecular weight is 331 g/mol. The van der Waals surface area contributed by atoms with Gasteiger partial charge in [0.05, 0.1) is 24.9 Å². The van der Waals surface area contributed by atoms with Crippen LogP contribution in [0.4, 0.5) is 4.39 Å². The van der Waals surface area contributed by atoms with E-state index in [1.165, 1.54) is 6.07 Å². The number of para-hydroxylation sites is 1. The molecule has 3 rings (SSSR count). The van der Waals surface area contributed by atoms with Crippen molar-refractivity contribution >= 4 is 5.91 Å². The maximum atomic E-state index is 14.1. The van der Waals surface area contributed by atoms with E-state index in [0.29, 0.717) is 31.9 Å². The minimum Gasteiger partial charge on any atom is -0.377 e. The Morgan fingerprint density at radius 2 is 2.12 bits per heavy atom. The van der Waals surface area contributed by atoms with Gasteiger partial charge in [0.25, 0.3) is 0 Å². The lowest BCUT2D eigenvalue weighted by molar-refractivity contribution is -0.139. The number of hydrogen-bond acceptors (Lipinski definition) is 3. The second-order valence-electron chi connectivity index (χ2n) is 5.98. The Kier molecular flexibility index (Phi) is 4.66. The molecule has 0 saturated carbocycles. The first-order chi connectivity index (χ1) is 11.5. The number of halogens is 1. The monoisotopic (exact) mass is 331 g/mol. The fraction of sp³-hybridized carbons (Fsp3) is 0.444. The number of benzene rings is 1. The lowest BCUT2D eigenvalue weighted by atomic mass is 10.0. The summed E-state index contributed by atoms with van der Waals surface area (Å²) in [6.45, 7) is 7.21. The molecule has 6 heteroatoms. The first-order valence-corrected chi connectivity index (χ1v) is 8.22. The Hall–Kier alpha value is -2.21. The molecule has 1 aliphatic heterocycles. The molecular formula is C18H22FN3O2. The van der Waals surface area contributed by atoms with Crippen molar-refractivity contribution in [3.63, 3.8) is 0 Å². The molecule has 1 aromatic heterocycles. The second kappa shape index (κ2) is 6.73. The van der Waals surface area contributed by atoms with Crippen molar-refractivity contribution in [2.24, 2.45) is 0 Å². The Labute approximate surface area is 141 Å². The van der Waals surface area contributed by atoms with Gasteiger partial charge in [-0.05, 0) is 26.0 Å². The summed E-state index contributed by atoms with van der Waals surface area (Å²) in [6.07, 6.45) is 0.454. The topological polar surface area (TPSA) is 47.4 Å². The molecule has 1 aliphatic rings. The number of rotatable bonds is 3. The summed E-state index contributed by atoms with van der Waals surface area (Å²) in [5, 5.41) is 4.52. The third-order valence-corrected chi connectivity index (χ3v) is 4.51. The predicted molar refractivity (Wildman–Crippen MR) is 88.6 cm³/mol. The van der Waals surface area contributed by atoms with E-state index in [1.54, 1.807) is 22.9 Å². The molecule has 128 valence electrons. The molecule has 0 radical (unpaired) electrons. The number of carbonyl (C=O) groups excluding carboxylic acids is 1.